The van der Waals surface area contributed by atoms with Crippen LogP contribution in [0.2, 0.25) is 0 Å². The molecule has 0 aliphatic heterocycles. The summed E-state index contributed by atoms with van der Waals surface area (Å²) in [5.74, 6) is -1.13. The molecule has 4 rings (SSSR count). The third-order valence-electron chi connectivity index (χ3n) is 4.67. The van der Waals surface area contributed by atoms with Gasteiger partial charge < -0.3 is 10.3 Å². The Morgan fingerprint density at radius 2 is 1.79 bits per heavy atom. The Labute approximate surface area is 188 Å². The zero-order chi connectivity index (χ0) is 23.8. The molecule has 2 heterocycles. The highest BCUT2D eigenvalue weighted by Crippen LogP contribution is 2.30. The summed E-state index contributed by atoms with van der Waals surface area (Å²) in [5.41, 5.74) is 0.755. The average Bonchev–Trinajstić information content (AvgIpc) is 3.14. The van der Waals surface area contributed by atoms with Gasteiger partial charge in [-0.15, -0.1) is 0 Å². The highest BCUT2D eigenvalue weighted by atomic mass is 32.2. The fourth-order valence-electron chi connectivity index (χ4n) is 3.16. The topological polar surface area (TPSA) is 79.8 Å². The van der Waals surface area contributed by atoms with Crippen LogP contribution in [-0.2, 0) is 11.0 Å². The number of aromatic amines is 1. The van der Waals surface area contributed by atoms with Gasteiger partial charge in [0, 0.05) is 11.4 Å². The van der Waals surface area contributed by atoms with Crippen molar-refractivity contribution in [3.63, 3.8) is 0 Å². The number of fused-ring (bicyclic) bond motifs is 1. The van der Waals surface area contributed by atoms with Crippen LogP contribution in [0.1, 0.15) is 11.3 Å². The summed E-state index contributed by atoms with van der Waals surface area (Å²) in [5, 5.41) is 2.72. The standard InChI is InChI=1S/C22H16F4N4O2S/c1-12-10-17-19(27-12)20(32)30(16-8-4-14(23)5-9-16)21(29-17)33-11-18(31)28-15-6-2-13(3-7-15)22(24,25)26/h2-10,27H,11H2,1H3,(H,28,31). The van der Waals surface area contributed by atoms with Gasteiger partial charge in [0.2, 0.25) is 5.91 Å². The monoisotopic (exact) mass is 476 g/mol. The lowest BCUT2D eigenvalue weighted by Crippen LogP contribution is -2.23. The molecule has 0 saturated heterocycles. The number of benzene rings is 2. The predicted octanol–water partition coefficient (Wildman–Crippen LogP) is 4.91. The van der Waals surface area contributed by atoms with Crippen LogP contribution >= 0.6 is 11.8 Å². The molecule has 0 fully saturated rings. The number of hydrogen-bond acceptors (Lipinski definition) is 4. The Morgan fingerprint density at radius 1 is 1.12 bits per heavy atom. The van der Waals surface area contributed by atoms with Gasteiger partial charge in [0.15, 0.2) is 5.16 Å². The summed E-state index contributed by atoms with van der Waals surface area (Å²) in [4.78, 5) is 32.9. The Hall–Kier alpha value is -3.60. The van der Waals surface area contributed by atoms with Gasteiger partial charge in [-0.2, -0.15) is 13.2 Å². The Morgan fingerprint density at radius 3 is 2.42 bits per heavy atom. The van der Waals surface area contributed by atoms with Crippen LogP contribution in [0.3, 0.4) is 0 Å². The molecule has 33 heavy (non-hydrogen) atoms. The minimum atomic E-state index is -4.47. The summed E-state index contributed by atoms with van der Waals surface area (Å²) in [6, 6.07) is 11.0. The number of aromatic nitrogens is 3. The molecule has 0 aliphatic carbocycles. The largest absolute Gasteiger partial charge is 0.416 e. The molecule has 2 N–H and O–H groups in total. The quantitative estimate of drug-likeness (QED) is 0.244. The first-order valence-electron chi connectivity index (χ1n) is 9.60. The molecule has 11 heteroatoms. The molecule has 0 saturated carbocycles. The van der Waals surface area contributed by atoms with E-state index in [-0.39, 0.29) is 22.1 Å². The number of thioether (sulfide) groups is 1. The summed E-state index contributed by atoms with van der Waals surface area (Å²) in [6.45, 7) is 1.77. The van der Waals surface area contributed by atoms with E-state index in [4.69, 9.17) is 0 Å². The molecule has 0 radical (unpaired) electrons. The maximum atomic E-state index is 13.4. The van der Waals surface area contributed by atoms with Gasteiger partial charge in [-0.05, 0) is 61.5 Å². The number of H-pyrrole nitrogens is 1. The zero-order valence-corrected chi connectivity index (χ0v) is 17.9. The van der Waals surface area contributed by atoms with E-state index in [1.54, 1.807) is 13.0 Å². The van der Waals surface area contributed by atoms with Crippen LogP contribution in [0, 0.1) is 12.7 Å². The number of halogens is 4. The summed E-state index contributed by atoms with van der Waals surface area (Å²) < 4.78 is 52.7. The number of rotatable bonds is 5. The molecular formula is C22H16F4N4O2S. The van der Waals surface area contributed by atoms with Crippen molar-refractivity contribution in [3.8, 4) is 5.69 Å². The molecule has 2 aromatic heterocycles. The summed E-state index contributed by atoms with van der Waals surface area (Å²) in [7, 11) is 0. The number of carbonyl (C=O) groups excluding carboxylic acids is 1. The average molecular weight is 476 g/mol. The van der Waals surface area contributed by atoms with Gasteiger partial charge >= 0.3 is 6.18 Å². The lowest BCUT2D eigenvalue weighted by molar-refractivity contribution is -0.137. The molecule has 0 unspecified atom stereocenters. The molecule has 0 spiro atoms. The maximum absolute atomic E-state index is 13.4. The molecule has 4 aromatic rings. The number of carbonyl (C=O) groups is 1. The zero-order valence-electron chi connectivity index (χ0n) is 17.0. The molecule has 170 valence electrons. The summed E-state index contributed by atoms with van der Waals surface area (Å²) in [6.07, 6.45) is -4.47. The number of hydrogen-bond donors (Lipinski definition) is 2. The van der Waals surface area contributed by atoms with Crippen molar-refractivity contribution in [2.75, 3.05) is 11.1 Å². The van der Waals surface area contributed by atoms with Crippen molar-refractivity contribution in [1.82, 2.24) is 14.5 Å². The second-order valence-corrected chi connectivity index (χ2v) is 8.08. The van der Waals surface area contributed by atoms with Gasteiger partial charge in [-0.25, -0.2) is 9.37 Å². The smallest absolute Gasteiger partial charge is 0.353 e. The Balaban J connectivity index is 1.59. The summed E-state index contributed by atoms with van der Waals surface area (Å²) >= 11 is 0.971. The van der Waals surface area contributed by atoms with E-state index in [9.17, 15) is 27.2 Å². The highest BCUT2D eigenvalue weighted by Gasteiger charge is 2.30. The first-order valence-corrected chi connectivity index (χ1v) is 10.6. The van der Waals surface area contributed by atoms with E-state index in [0.717, 1.165) is 41.7 Å². The molecule has 1 amide bonds. The van der Waals surface area contributed by atoms with Gasteiger partial charge in [0.1, 0.15) is 11.3 Å². The van der Waals surface area contributed by atoms with E-state index in [1.807, 2.05) is 0 Å². The molecule has 6 nitrogen and oxygen atoms in total. The first-order chi connectivity index (χ1) is 15.6. The number of amides is 1. The second-order valence-electron chi connectivity index (χ2n) is 7.14. The molecule has 0 aliphatic rings. The van der Waals surface area contributed by atoms with Gasteiger partial charge in [-0.1, -0.05) is 11.8 Å². The second kappa shape index (κ2) is 8.74. The SMILES string of the molecule is Cc1cc2nc(SCC(=O)Nc3ccc(C(F)(F)F)cc3)n(-c3ccc(F)cc3)c(=O)c2[nH]1. The minimum Gasteiger partial charge on any atom is -0.353 e. The van der Waals surface area contributed by atoms with E-state index < -0.39 is 29.0 Å². The fraction of sp³-hybridized carbons (Fsp3) is 0.136. The molecule has 0 bridgehead atoms. The predicted molar refractivity (Wildman–Crippen MR) is 117 cm³/mol. The van der Waals surface area contributed by atoms with Crippen molar-refractivity contribution in [1.29, 1.82) is 0 Å². The maximum Gasteiger partial charge on any atom is 0.416 e. The van der Waals surface area contributed by atoms with Crippen LogP contribution < -0.4 is 10.9 Å². The van der Waals surface area contributed by atoms with Crippen molar-refractivity contribution >= 4 is 34.4 Å². The highest BCUT2D eigenvalue weighted by molar-refractivity contribution is 7.99. The van der Waals surface area contributed by atoms with Crippen molar-refractivity contribution in [2.45, 2.75) is 18.3 Å². The third-order valence-corrected chi connectivity index (χ3v) is 5.61. The molecule has 2 aromatic carbocycles. The van der Waals surface area contributed by atoms with Crippen LogP contribution in [0.5, 0.6) is 0 Å². The molecular weight excluding hydrogens is 460 g/mol. The van der Waals surface area contributed by atoms with Crippen molar-refractivity contribution in [2.24, 2.45) is 0 Å². The fourth-order valence-corrected chi connectivity index (χ4v) is 3.97. The number of anilines is 1. The van der Waals surface area contributed by atoms with E-state index in [1.165, 1.54) is 28.8 Å². The normalized spacial score (nSPS) is 11.7. The van der Waals surface area contributed by atoms with E-state index in [2.05, 4.69) is 15.3 Å². The van der Waals surface area contributed by atoms with E-state index >= 15 is 0 Å². The van der Waals surface area contributed by atoms with Crippen molar-refractivity contribution < 1.29 is 22.4 Å². The number of nitrogens with one attached hydrogen (secondary N) is 2. The van der Waals surface area contributed by atoms with Gasteiger partial charge in [-0.3, -0.25) is 14.2 Å². The van der Waals surface area contributed by atoms with Crippen LogP contribution in [0.4, 0.5) is 23.2 Å². The van der Waals surface area contributed by atoms with Gasteiger partial charge in [0.05, 0.1) is 22.5 Å². The Kier molecular flexibility index (Phi) is 5.98. The molecule has 0 atom stereocenters. The minimum absolute atomic E-state index is 0.163. The van der Waals surface area contributed by atoms with Crippen LogP contribution in [0.25, 0.3) is 16.7 Å². The first kappa shape index (κ1) is 22.6. The van der Waals surface area contributed by atoms with Crippen LogP contribution in [0.15, 0.2) is 64.5 Å². The van der Waals surface area contributed by atoms with Crippen molar-refractivity contribution in [3.05, 3.63) is 82.0 Å². The number of aryl methyl sites for hydroxylation is 1. The third kappa shape index (κ3) is 4.92. The lowest BCUT2D eigenvalue weighted by atomic mass is 10.2. The van der Waals surface area contributed by atoms with E-state index in [0.29, 0.717) is 11.2 Å². The van der Waals surface area contributed by atoms with Crippen LogP contribution in [-0.4, -0.2) is 26.2 Å². The number of nitrogens with zero attached hydrogens (tertiary/aromatic N) is 2. The lowest BCUT2D eigenvalue weighted by Gasteiger charge is -2.12. The van der Waals surface area contributed by atoms with Gasteiger partial charge in [0.25, 0.3) is 5.56 Å². The number of alkyl halides is 3. The Bertz CT molecular complexity index is 1380.